The number of methoxy groups -OCH3 is 1. The van der Waals surface area contributed by atoms with Crippen LogP contribution in [0, 0.1) is 5.92 Å². The van der Waals surface area contributed by atoms with Gasteiger partial charge in [-0.15, -0.1) is 0 Å². The topological polar surface area (TPSA) is 84.9 Å². The van der Waals surface area contributed by atoms with E-state index in [0.717, 1.165) is 18.4 Å². The molecule has 6 nitrogen and oxygen atoms in total. The van der Waals surface area contributed by atoms with Crippen LogP contribution in [0.25, 0.3) is 6.08 Å². The number of amides is 1. The van der Waals surface area contributed by atoms with Gasteiger partial charge in [0, 0.05) is 6.08 Å². The fraction of sp³-hybridized carbons (Fsp3) is 0.500. The molecule has 0 aromatic heterocycles. The molecule has 144 valence electrons. The van der Waals surface area contributed by atoms with E-state index in [9.17, 15) is 14.7 Å². The number of rotatable bonds is 11. The van der Waals surface area contributed by atoms with Crippen molar-refractivity contribution in [2.75, 3.05) is 13.7 Å². The van der Waals surface area contributed by atoms with E-state index in [1.807, 2.05) is 19.9 Å². The second-order valence-electron chi connectivity index (χ2n) is 6.47. The lowest BCUT2D eigenvalue weighted by Crippen LogP contribution is -2.40. The number of unbranched alkanes of at least 4 members (excludes halogenated alkanes) is 1. The summed E-state index contributed by atoms with van der Waals surface area (Å²) in [5.74, 6) is -0.0572. The van der Waals surface area contributed by atoms with E-state index in [0.29, 0.717) is 24.5 Å². The highest BCUT2D eigenvalue weighted by Crippen LogP contribution is 2.28. The van der Waals surface area contributed by atoms with Crippen molar-refractivity contribution in [3.8, 4) is 11.5 Å². The second-order valence-corrected chi connectivity index (χ2v) is 6.47. The van der Waals surface area contributed by atoms with E-state index in [-0.39, 0.29) is 5.92 Å². The van der Waals surface area contributed by atoms with Gasteiger partial charge in [-0.3, -0.25) is 4.79 Å². The monoisotopic (exact) mass is 363 g/mol. The van der Waals surface area contributed by atoms with Gasteiger partial charge in [-0.25, -0.2) is 4.79 Å². The Kier molecular flexibility index (Phi) is 9.26. The van der Waals surface area contributed by atoms with Crippen LogP contribution in [-0.4, -0.2) is 36.7 Å². The minimum Gasteiger partial charge on any atom is -0.493 e. The number of carbonyl (C=O) groups is 2. The Morgan fingerprint density at radius 2 is 2.00 bits per heavy atom. The first-order valence-electron chi connectivity index (χ1n) is 8.89. The number of nitrogens with one attached hydrogen (secondary N) is 1. The van der Waals surface area contributed by atoms with Crippen LogP contribution in [0.3, 0.4) is 0 Å². The lowest BCUT2D eigenvalue weighted by Gasteiger charge is -2.15. The molecule has 0 radical (unpaired) electrons. The van der Waals surface area contributed by atoms with Gasteiger partial charge in [-0.1, -0.05) is 33.3 Å². The van der Waals surface area contributed by atoms with Crippen LogP contribution in [0.4, 0.5) is 0 Å². The molecule has 0 saturated heterocycles. The summed E-state index contributed by atoms with van der Waals surface area (Å²) in [6.45, 7) is 6.54. The Bertz CT molecular complexity index is 625. The minimum atomic E-state index is -1.03. The van der Waals surface area contributed by atoms with Gasteiger partial charge in [0.1, 0.15) is 6.04 Å². The summed E-state index contributed by atoms with van der Waals surface area (Å²) in [6.07, 6.45) is 5.33. The van der Waals surface area contributed by atoms with E-state index >= 15 is 0 Å². The van der Waals surface area contributed by atoms with Crippen molar-refractivity contribution in [2.45, 2.75) is 46.1 Å². The van der Waals surface area contributed by atoms with Gasteiger partial charge in [0.25, 0.3) is 0 Å². The molecule has 1 atom stereocenters. The first-order chi connectivity index (χ1) is 12.4. The van der Waals surface area contributed by atoms with Crippen molar-refractivity contribution in [2.24, 2.45) is 5.92 Å². The van der Waals surface area contributed by atoms with Gasteiger partial charge in [0.15, 0.2) is 11.5 Å². The zero-order valence-corrected chi connectivity index (χ0v) is 16.0. The van der Waals surface area contributed by atoms with Crippen LogP contribution in [-0.2, 0) is 9.59 Å². The van der Waals surface area contributed by atoms with Crippen LogP contribution in [0.2, 0.25) is 0 Å². The molecule has 1 amide bonds. The molecular formula is C20H29NO5. The number of hydrogen-bond donors (Lipinski definition) is 2. The van der Waals surface area contributed by atoms with Crippen molar-refractivity contribution >= 4 is 18.0 Å². The smallest absolute Gasteiger partial charge is 0.326 e. The van der Waals surface area contributed by atoms with Crippen molar-refractivity contribution in [3.63, 3.8) is 0 Å². The maximum Gasteiger partial charge on any atom is 0.326 e. The zero-order valence-electron chi connectivity index (χ0n) is 16.0. The van der Waals surface area contributed by atoms with Gasteiger partial charge >= 0.3 is 5.97 Å². The molecule has 0 saturated carbocycles. The normalized spacial score (nSPS) is 12.2. The molecule has 0 aliphatic rings. The standard InChI is InChI=1S/C20H29NO5/c1-5-6-11-26-17-9-7-15(13-18(17)25-4)8-10-19(22)21-16(20(23)24)12-14(2)3/h7-10,13-14,16H,5-6,11-12H2,1-4H3,(H,21,22)(H,23,24)/t16-/m1/s1. The van der Waals surface area contributed by atoms with E-state index in [4.69, 9.17) is 9.47 Å². The Labute approximate surface area is 155 Å². The third-order valence-corrected chi connectivity index (χ3v) is 3.69. The van der Waals surface area contributed by atoms with Crippen LogP contribution in [0.5, 0.6) is 11.5 Å². The summed E-state index contributed by atoms with van der Waals surface area (Å²) in [7, 11) is 1.56. The van der Waals surface area contributed by atoms with Crippen LogP contribution in [0.15, 0.2) is 24.3 Å². The van der Waals surface area contributed by atoms with E-state index in [1.165, 1.54) is 6.08 Å². The Morgan fingerprint density at radius 3 is 2.58 bits per heavy atom. The number of carboxylic acids is 1. The quantitative estimate of drug-likeness (QED) is 0.464. The van der Waals surface area contributed by atoms with Crippen molar-refractivity contribution in [1.29, 1.82) is 0 Å². The van der Waals surface area contributed by atoms with Crippen molar-refractivity contribution < 1.29 is 24.2 Å². The molecule has 6 heteroatoms. The highest BCUT2D eigenvalue weighted by molar-refractivity contribution is 5.94. The van der Waals surface area contributed by atoms with Gasteiger partial charge < -0.3 is 19.9 Å². The molecule has 0 aliphatic heterocycles. The lowest BCUT2D eigenvalue weighted by molar-refractivity contribution is -0.141. The average Bonchev–Trinajstić information content (AvgIpc) is 2.59. The third-order valence-electron chi connectivity index (χ3n) is 3.69. The molecule has 1 rings (SSSR count). The fourth-order valence-corrected chi connectivity index (χ4v) is 2.32. The van der Waals surface area contributed by atoms with Crippen molar-refractivity contribution in [3.05, 3.63) is 29.8 Å². The van der Waals surface area contributed by atoms with Crippen LogP contribution >= 0.6 is 0 Å². The highest BCUT2D eigenvalue weighted by Gasteiger charge is 2.19. The van der Waals surface area contributed by atoms with Gasteiger partial charge in [-0.05, 0) is 42.5 Å². The Balaban J connectivity index is 2.74. The summed E-state index contributed by atoms with van der Waals surface area (Å²) >= 11 is 0. The molecule has 0 spiro atoms. The predicted octanol–water partition coefficient (Wildman–Crippen LogP) is 3.50. The first-order valence-corrected chi connectivity index (χ1v) is 8.89. The van der Waals surface area contributed by atoms with Crippen LogP contribution in [0.1, 0.15) is 45.6 Å². The lowest BCUT2D eigenvalue weighted by atomic mass is 10.0. The molecule has 0 fully saturated rings. The predicted molar refractivity (Wildman–Crippen MR) is 101 cm³/mol. The SMILES string of the molecule is CCCCOc1ccc(C=CC(=O)N[C@H](CC(C)C)C(=O)O)cc1OC. The van der Waals surface area contributed by atoms with Gasteiger partial charge in [-0.2, -0.15) is 0 Å². The maximum absolute atomic E-state index is 12.0. The number of carbonyl (C=O) groups excluding carboxylic acids is 1. The molecule has 0 unspecified atom stereocenters. The Morgan fingerprint density at radius 1 is 1.27 bits per heavy atom. The summed E-state index contributed by atoms with van der Waals surface area (Å²) in [5, 5.41) is 11.7. The summed E-state index contributed by atoms with van der Waals surface area (Å²) < 4.78 is 11.0. The van der Waals surface area contributed by atoms with Gasteiger partial charge in [0.05, 0.1) is 13.7 Å². The first kappa shape index (κ1) is 21.5. The highest BCUT2D eigenvalue weighted by atomic mass is 16.5. The molecule has 1 aromatic carbocycles. The summed E-state index contributed by atoms with van der Waals surface area (Å²) in [4.78, 5) is 23.2. The van der Waals surface area contributed by atoms with E-state index in [2.05, 4.69) is 12.2 Å². The molecule has 1 aromatic rings. The van der Waals surface area contributed by atoms with Crippen LogP contribution < -0.4 is 14.8 Å². The number of hydrogen-bond acceptors (Lipinski definition) is 4. The molecule has 0 aliphatic carbocycles. The summed E-state index contributed by atoms with van der Waals surface area (Å²) in [5.41, 5.74) is 0.760. The molecule has 26 heavy (non-hydrogen) atoms. The number of benzene rings is 1. The number of aliphatic carboxylic acids is 1. The Hall–Kier alpha value is -2.50. The second kappa shape index (κ2) is 11.2. The largest absolute Gasteiger partial charge is 0.493 e. The zero-order chi connectivity index (χ0) is 19.5. The maximum atomic E-state index is 12.0. The molecule has 2 N–H and O–H groups in total. The molecule has 0 bridgehead atoms. The van der Waals surface area contributed by atoms with E-state index in [1.54, 1.807) is 25.3 Å². The minimum absolute atomic E-state index is 0.171. The fourth-order valence-electron chi connectivity index (χ4n) is 2.32. The van der Waals surface area contributed by atoms with Gasteiger partial charge in [0.2, 0.25) is 5.91 Å². The number of ether oxygens (including phenoxy) is 2. The average molecular weight is 363 g/mol. The summed E-state index contributed by atoms with van der Waals surface area (Å²) in [6, 6.07) is 4.49. The molecule has 0 heterocycles. The molecular weight excluding hydrogens is 334 g/mol. The number of carboxylic acid groups (broad SMARTS) is 1. The third kappa shape index (κ3) is 7.59. The van der Waals surface area contributed by atoms with E-state index < -0.39 is 17.9 Å². The van der Waals surface area contributed by atoms with Crippen molar-refractivity contribution in [1.82, 2.24) is 5.32 Å².